The fraction of sp³-hybridized carbons (Fsp3) is 0.562. The van der Waals surface area contributed by atoms with Crippen LogP contribution in [0.15, 0.2) is 29.2 Å². The van der Waals surface area contributed by atoms with E-state index in [4.69, 9.17) is 5.73 Å². The molecule has 1 heterocycles. The van der Waals surface area contributed by atoms with Crippen LogP contribution in [0.3, 0.4) is 0 Å². The Morgan fingerprint density at radius 3 is 2.58 bits per heavy atom. The van der Waals surface area contributed by atoms with Crippen LogP contribution in [0.1, 0.15) is 13.3 Å². The molecule has 1 fully saturated rings. The summed E-state index contributed by atoms with van der Waals surface area (Å²) < 4.78 is 27.2. The Bertz CT molecular complexity index is 688. The zero-order valence-electron chi connectivity index (χ0n) is 15.1. The number of amides is 1. The maximum atomic E-state index is 12.8. The number of nitrogens with two attached hydrogens (primary N) is 1. The van der Waals surface area contributed by atoms with Crippen molar-refractivity contribution in [3.05, 3.63) is 24.3 Å². The van der Waals surface area contributed by atoms with Gasteiger partial charge in [0.1, 0.15) is 0 Å². The lowest BCUT2D eigenvalue weighted by Gasteiger charge is -2.20. The molecule has 10 heteroatoms. The maximum absolute atomic E-state index is 12.8. The van der Waals surface area contributed by atoms with E-state index in [2.05, 4.69) is 10.2 Å². The number of carbonyl (C=O) groups is 1. The summed E-state index contributed by atoms with van der Waals surface area (Å²) in [7, 11) is -1.57. The van der Waals surface area contributed by atoms with Gasteiger partial charge < -0.3 is 16.0 Å². The van der Waals surface area contributed by atoms with Crippen molar-refractivity contribution in [2.24, 2.45) is 11.7 Å². The van der Waals surface area contributed by atoms with Gasteiger partial charge in [0.25, 0.3) is 0 Å². The van der Waals surface area contributed by atoms with Gasteiger partial charge in [-0.1, -0.05) is 13.0 Å². The Hall–Kier alpha value is -0.900. The van der Waals surface area contributed by atoms with Gasteiger partial charge >= 0.3 is 0 Å². The van der Waals surface area contributed by atoms with Crippen molar-refractivity contribution in [1.82, 2.24) is 9.21 Å². The summed E-state index contributed by atoms with van der Waals surface area (Å²) in [5.41, 5.74) is 5.95. The number of carbonyl (C=O) groups excluding carboxylic acids is 1. The molecule has 1 aliphatic heterocycles. The number of hydrogen-bond acceptors (Lipinski definition) is 5. The highest BCUT2D eigenvalue weighted by atomic mass is 35.5. The largest absolute Gasteiger partial charge is 0.330 e. The van der Waals surface area contributed by atoms with Crippen LogP contribution >= 0.6 is 24.8 Å². The van der Waals surface area contributed by atoms with E-state index >= 15 is 0 Å². The van der Waals surface area contributed by atoms with E-state index in [-0.39, 0.29) is 48.1 Å². The summed E-state index contributed by atoms with van der Waals surface area (Å²) in [4.78, 5) is 14.3. The van der Waals surface area contributed by atoms with Gasteiger partial charge in [-0.3, -0.25) is 4.79 Å². The summed E-state index contributed by atoms with van der Waals surface area (Å²) in [6, 6.07) is 6.38. The number of benzene rings is 1. The van der Waals surface area contributed by atoms with Crippen LogP contribution in [0, 0.1) is 5.92 Å². The number of nitrogens with one attached hydrogen (secondary N) is 1. The molecule has 1 aromatic carbocycles. The van der Waals surface area contributed by atoms with Gasteiger partial charge in [-0.25, -0.2) is 8.42 Å². The quantitative estimate of drug-likeness (QED) is 0.741. The van der Waals surface area contributed by atoms with Crippen LogP contribution in [-0.2, 0) is 14.8 Å². The molecular weight excluding hydrogens is 399 g/mol. The van der Waals surface area contributed by atoms with E-state index in [0.29, 0.717) is 25.3 Å². The number of hydrogen-bond donors (Lipinski definition) is 2. The van der Waals surface area contributed by atoms with Gasteiger partial charge in [0.05, 0.1) is 4.90 Å². The Labute approximate surface area is 168 Å². The summed E-state index contributed by atoms with van der Waals surface area (Å²) in [6.45, 7) is 4.55. The lowest BCUT2D eigenvalue weighted by atomic mass is 10.1. The van der Waals surface area contributed by atoms with Crippen molar-refractivity contribution < 1.29 is 13.2 Å². The van der Waals surface area contributed by atoms with E-state index in [9.17, 15) is 13.2 Å². The predicted octanol–water partition coefficient (Wildman–Crippen LogP) is 1.39. The number of sulfonamides is 1. The second kappa shape index (κ2) is 11.1. The first kappa shape index (κ1) is 25.1. The number of likely N-dealkylation sites (N-methyl/N-ethyl adjacent to an activating group) is 1. The second-order valence-electron chi connectivity index (χ2n) is 6.21. The van der Waals surface area contributed by atoms with Crippen LogP contribution < -0.4 is 11.1 Å². The summed E-state index contributed by atoms with van der Waals surface area (Å²) in [5, 5.41) is 2.72. The van der Waals surface area contributed by atoms with Crippen LogP contribution in [0.25, 0.3) is 0 Å². The molecule has 0 bridgehead atoms. The Morgan fingerprint density at radius 2 is 1.92 bits per heavy atom. The minimum atomic E-state index is -3.56. The van der Waals surface area contributed by atoms with Gasteiger partial charge in [-0.2, -0.15) is 4.31 Å². The van der Waals surface area contributed by atoms with E-state index in [0.717, 1.165) is 13.0 Å². The molecule has 0 saturated carbocycles. The fourth-order valence-corrected chi connectivity index (χ4v) is 4.04. The molecule has 0 spiro atoms. The van der Waals surface area contributed by atoms with Crippen LogP contribution in [0.5, 0.6) is 0 Å². The standard InChI is InChI=1S/C16H26N4O3S.2ClH/c1-13(12-17)16(21)18-14-5-3-6-15(11-14)24(22,23)20-8-4-7-19(2)9-10-20;;/h3,5-6,11,13H,4,7-10,12,17H2,1-2H3,(H,18,21);2*1H. The molecule has 1 aromatic rings. The fourth-order valence-electron chi connectivity index (χ4n) is 2.52. The van der Waals surface area contributed by atoms with Crippen molar-refractivity contribution in [2.75, 3.05) is 45.1 Å². The second-order valence-corrected chi connectivity index (χ2v) is 8.15. The van der Waals surface area contributed by atoms with Gasteiger partial charge in [-0.05, 0) is 38.2 Å². The minimum Gasteiger partial charge on any atom is -0.330 e. The van der Waals surface area contributed by atoms with Gasteiger partial charge in [0.15, 0.2) is 0 Å². The maximum Gasteiger partial charge on any atom is 0.243 e. The summed E-state index contributed by atoms with van der Waals surface area (Å²) >= 11 is 0. The number of nitrogens with zero attached hydrogens (tertiary/aromatic N) is 2. The van der Waals surface area contributed by atoms with Gasteiger partial charge in [-0.15, -0.1) is 24.8 Å². The van der Waals surface area contributed by atoms with E-state index in [1.165, 1.54) is 10.4 Å². The molecule has 2 rings (SSSR count). The molecule has 1 saturated heterocycles. The topological polar surface area (TPSA) is 95.7 Å². The van der Waals surface area contributed by atoms with Crippen LogP contribution in [0.4, 0.5) is 5.69 Å². The lowest BCUT2D eigenvalue weighted by molar-refractivity contribution is -0.119. The summed E-state index contributed by atoms with van der Waals surface area (Å²) in [5.74, 6) is -0.546. The first-order chi connectivity index (χ1) is 11.3. The molecule has 1 unspecified atom stereocenters. The number of halogens is 2. The van der Waals surface area contributed by atoms with Crippen LogP contribution in [0.2, 0.25) is 0 Å². The van der Waals surface area contributed by atoms with E-state index in [1.807, 2.05) is 7.05 Å². The van der Waals surface area contributed by atoms with Gasteiger partial charge in [0, 0.05) is 37.8 Å². The Balaban J connectivity index is 0.00000312. The molecule has 1 atom stereocenters. The highest BCUT2D eigenvalue weighted by Crippen LogP contribution is 2.21. The molecular formula is C16H28Cl2N4O3S. The van der Waals surface area contributed by atoms with Crippen molar-refractivity contribution in [2.45, 2.75) is 18.2 Å². The minimum absolute atomic E-state index is 0. The first-order valence-electron chi connectivity index (χ1n) is 8.14. The Kier molecular flexibility index (Phi) is 10.7. The normalized spacial score (nSPS) is 17.3. The molecule has 150 valence electrons. The smallest absolute Gasteiger partial charge is 0.243 e. The number of anilines is 1. The highest BCUT2D eigenvalue weighted by Gasteiger charge is 2.26. The molecule has 0 radical (unpaired) electrons. The third-order valence-electron chi connectivity index (χ3n) is 4.22. The molecule has 1 aliphatic rings. The van der Waals surface area contributed by atoms with E-state index in [1.54, 1.807) is 25.1 Å². The molecule has 3 N–H and O–H groups in total. The summed E-state index contributed by atoms with van der Waals surface area (Å²) in [6.07, 6.45) is 0.806. The Morgan fingerprint density at radius 1 is 1.23 bits per heavy atom. The van der Waals surface area contributed by atoms with Crippen molar-refractivity contribution >= 4 is 46.4 Å². The lowest BCUT2D eigenvalue weighted by Crippen LogP contribution is -2.34. The first-order valence-corrected chi connectivity index (χ1v) is 9.58. The predicted molar refractivity (Wildman–Crippen MR) is 109 cm³/mol. The van der Waals surface area contributed by atoms with Crippen LogP contribution in [-0.4, -0.2) is 63.3 Å². The average molecular weight is 427 g/mol. The third kappa shape index (κ3) is 6.37. The monoisotopic (exact) mass is 426 g/mol. The molecule has 7 nitrogen and oxygen atoms in total. The van der Waals surface area contributed by atoms with Crippen molar-refractivity contribution in [1.29, 1.82) is 0 Å². The zero-order chi connectivity index (χ0) is 17.7. The van der Waals surface area contributed by atoms with Crippen molar-refractivity contribution in [3.8, 4) is 0 Å². The third-order valence-corrected chi connectivity index (χ3v) is 6.11. The SMILES string of the molecule is CC(CN)C(=O)Nc1cccc(S(=O)(=O)N2CCCN(C)CC2)c1.Cl.Cl. The molecule has 26 heavy (non-hydrogen) atoms. The number of rotatable bonds is 5. The van der Waals surface area contributed by atoms with Crippen molar-refractivity contribution in [3.63, 3.8) is 0 Å². The van der Waals surface area contributed by atoms with Gasteiger partial charge in [0.2, 0.25) is 15.9 Å². The molecule has 0 aromatic heterocycles. The van der Waals surface area contributed by atoms with E-state index < -0.39 is 10.0 Å². The highest BCUT2D eigenvalue weighted by molar-refractivity contribution is 7.89. The molecule has 1 amide bonds. The zero-order valence-corrected chi connectivity index (χ0v) is 17.5. The average Bonchev–Trinajstić information content (AvgIpc) is 2.79. The molecule has 0 aliphatic carbocycles.